The van der Waals surface area contributed by atoms with Gasteiger partial charge in [0.2, 0.25) is 0 Å². The molecule has 3 rings (SSSR count). The van der Waals surface area contributed by atoms with Crippen LogP contribution in [0.2, 0.25) is 20.1 Å². The van der Waals surface area contributed by atoms with Crippen molar-refractivity contribution in [1.29, 1.82) is 5.26 Å². The highest BCUT2D eigenvalue weighted by atomic mass is 35.5. The van der Waals surface area contributed by atoms with Gasteiger partial charge in [0.25, 0.3) is 5.91 Å². The van der Waals surface area contributed by atoms with Crippen molar-refractivity contribution in [3.05, 3.63) is 96.4 Å². The van der Waals surface area contributed by atoms with Crippen LogP contribution in [0, 0.1) is 25.2 Å². The van der Waals surface area contributed by atoms with Gasteiger partial charge < -0.3 is 10.1 Å². The SMILES string of the molecule is Cc1ccc(NC(=O)/C(C#N)=C/c2cc(Cl)c(OCc3ccc(Cl)c(Cl)c3)c(Cl)c2)c(C)c1. The molecule has 0 aliphatic heterocycles. The highest BCUT2D eigenvalue weighted by Gasteiger charge is 2.14. The number of benzene rings is 3. The van der Waals surface area contributed by atoms with Crippen molar-refractivity contribution in [3.8, 4) is 11.8 Å². The van der Waals surface area contributed by atoms with Crippen molar-refractivity contribution in [1.82, 2.24) is 0 Å². The van der Waals surface area contributed by atoms with Crippen LogP contribution in [0.5, 0.6) is 5.75 Å². The predicted octanol–water partition coefficient (Wildman–Crippen LogP) is 8.04. The molecule has 0 aromatic heterocycles. The maximum absolute atomic E-state index is 12.6. The number of carbonyl (C=O) groups is 1. The number of amides is 1. The van der Waals surface area contributed by atoms with Gasteiger partial charge in [0.05, 0.1) is 20.1 Å². The number of nitrogens with zero attached hydrogens (tertiary/aromatic N) is 1. The molecule has 0 saturated heterocycles. The van der Waals surface area contributed by atoms with Crippen LogP contribution in [0.4, 0.5) is 5.69 Å². The standard InChI is InChI=1S/C25H18Cl4N2O2/c1-14-3-6-23(15(2)7-14)31-25(32)18(12-30)8-17-10-21(28)24(22(29)11-17)33-13-16-4-5-19(26)20(27)9-16/h3-11H,13H2,1-2H3,(H,31,32)/b18-8+. The summed E-state index contributed by atoms with van der Waals surface area (Å²) in [7, 11) is 0. The molecule has 0 unspecified atom stereocenters. The normalized spacial score (nSPS) is 11.1. The number of aryl methyl sites for hydroxylation is 2. The van der Waals surface area contributed by atoms with Gasteiger partial charge in [-0.2, -0.15) is 5.26 Å². The van der Waals surface area contributed by atoms with Gasteiger partial charge in [0, 0.05) is 5.69 Å². The van der Waals surface area contributed by atoms with Crippen LogP contribution in [-0.2, 0) is 11.4 Å². The van der Waals surface area contributed by atoms with Crippen LogP contribution in [-0.4, -0.2) is 5.91 Å². The zero-order valence-electron chi connectivity index (χ0n) is 17.7. The van der Waals surface area contributed by atoms with E-state index < -0.39 is 5.91 Å². The quantitative estimate of drug-likeness (QED) is 0.264. The molecule has 168 valence electrons. The van der Waals surface area contributed by atoms with Crippen LogP contribution in [0.1, 0.15) is 22.3 Å². The lowest BCUT2D eigenvalue weighted by molar-refractivity contribution is -0.112. The minimum Gasteiger partial charge on any atom is -0.486 e. The summed E-state index contributed by atoms with van der Waals surface area (Å²) >= 11 is 24.7. The first-order valence-corrected chi connectivity index (χ1v) is 11.2. The molecule has 1 N–H and O–H groups in total. The Hall–Kier alpha value is -2.68. The molecule has 8 heteroatoms. The van der Waals surface area contributed by atoms with E-state index >= 15 is 0 Å². The Morgan fingerprint density at radius 2 is 1.67 bits per heavy atom. The van der Waals surface area contributed by atoms with Crippen molar-refractivity contribution < 1.29 is 9.53 Å². The second kappa shape index (κ2) is 11.0. The molecule has 0 saturated carbocycles. The highest BCUT2D eigenvalue weighted by Crippen LogP contribution is 2.36. The molecule has 0 aliphatic carbocycles. The van der Waals surface area contributed by atoms with E-state index in [0.29, 0.717) is 21.3 Å². The number of rotatable bonds is 6. The number of ether oxygens (including phenoxy) is 1. The van der Waals surface area contributed by atoms with Crippen LogP contribution < -0.4 is 10.1 Å². The second-order valence-corrected chi connectivity index (χ2v) is 8.92. The van der Waals surface area contributed by atoms with E-state index in [1.165, 1.54) is 6.08 Å². The lowest BCUT2D eigenvalue weighted by Gasteiger charge is -2.12. The zero-order chi connectivity index (χ0) is 24.1. The Bertz CT molecular complexity index is 1270. The van der Waals surface area contributed by atoms with Crippen molar-refractivity contribution in [2.45, 2.75) is 20.5 Å². The average Bonchev–Trinajstić information content (AvgIpc) is 2.75. The van der Waals surface area contributed by atoms with Gasteiger partial charge >= 0.3 is 0 Å². The third-order valence-electron chi connectivity index (χ3n) is 4.69. The van der Waals surface area contributed by atoms with E-state index in [9.17, 15) is 10.1 Å². The van der Waals surface area contributed by atoms with Gasteiger partial charge in [0.1, 0.15) is 18.2 Å². The lowest BCUT2D eigenvalue weighted by Crippen LogP contribution is -2.14. The molecule has 0 spiro atoms. The first kappa shape index (κ1) is 25.0. The molecule has 3 aromatic carbocycles. The van der Waals surface area contributed by atoms with Gasteiger partial charge in [-0.25, -0.2) is 0 Å². The van der Waals surface area contributed by atoms with Gasteiger partial charge in [-0.3, -0.25) is 4.79 Å². The maximum Gasteiger partial charge on any atom is 0.266 e. The van der Waals surface area contributed by atoms with E-state index in [4.69, 9.17) is 51.1 Å². The Morgan fingerprint density at radius 1 is 0.970 bits per heavy atom. The first-order chi connectivity index (χ1) is 15.7. The minimum atomic E-state index is -0.531. The molecule has 0 heterocycles. The van der Waals surface area contributed by atoms with Crippen molar-refractivity contribution >= 4 is 64.1 Å². The fourth-order valence-electron chi connectivity index (χ4n) is 3.04. The first-order valence-electron chi connectivity index (χ1n) is 9.74. The molecular formula is C25H18Cl4N2O2. The molecular weight excluding hydrogens is 502 g/mol. The molecule has 3 aromatic rings. The van der Waals surface area contributed by atoms with Crippen LogP contribution in [0.15, 0.2) is 54.1 Å². The Morgan fingerprint density at radius 3 is 2.27 bits per heavy atom. The number of anilines is 1. The van der Waals surface area contributed by atoms with E-state index in [1.54, 1.807) is 36.4 Å². The molecule has 0 aliphatic rings. The third kappa shape index (κ3) is 6.43. The topological polar surface area (TPSA) is 62.1 Å². The van der Waals surface area contributed by atoms with E-state index in [2.05, 4.69) is 5.32 Å². The average molecular weight is 520 g/mol. The van der Waals surface area contributed by atoms with Gasteiger partial charge in [0.15, 0.2) is 5.75 Å². The predicted molar refractivity (Wildman–Crippen MR) is 135 cm³/mol. The fraction of sp³-hybridized carbons (Fsp3) is 0.120. The Balaban J connectivity index is 1.78. The van der Waals surface area contributed by atoms with Crippen molar-refractivity contribution in [2.75, 3.05) is 5.32 Å². The highest BCUT2D eigenvalue weighted by molar-refractivity contribution is 6.42. The Kier molecular flexibility index (Phi) is 8.29. The van der Waals surface area contributed by atoms with Gasteiger partial charge in [-0.05, 0) is 66.9 Å². The summed E-state index contributed by atoms with van der Waals surface area (Å²) in [4.78, 5) is 12.6. The maximum atomic E-state index is 12.6. The number of hydrogen-bond donors (Lipinski definition) is 1. The molecule has 0 bridgehead atoms. The van der Waals surface area contributed by atoms with Gasteiger partial charge in [-0.1, -0.05) is 70.2 Å². The van der Waals surface area contributed by atoms with Crippen molar-refractivity contribution in [3.63, 3.8) is 0 Å². The van der Waals surface area contributed by atoms with E-state index in [-0.39, 0.29) is 28.0 Å². The number of hydrogen-bond acceptors (Lipinski definition) is 3. The third-order valence-corrected chi connectivity index (χ3v) is 5.99. The second-order valence-electron chi connectivity index (χ2n) is 7.29. The van der Waals surface area contributed by atoms with E-state index in [1.807, 2.05) is 32.0 Å². The fourth-order valence-corrected chi connectivity index (χ4v) is 3.98. The molecule has 1 amide bonds. The van der Waals surface area contributed by atoms with Crippen LogP contribution in [0.25, 0.3) is 6.08 Å². The van der Waals surface area contributed by atoms with Crippen LogP contribution in [0.3, 0.4) is 0 Å². The smallest absolute Gasteiger partial charge is 0.266 e. The molecule has 0 fully saturated rings. The largest absolute Gasteiger partial charge is 0.486 e. The Labute approximate surface area is 212 Å². The summed E-state index contributed by atoms with van der Waals surface area (Å²) in [5.74, 6) is -0.253. The van der Waals surface area contributed by atoms with Gasteiger partial charge in [-0.15, -0.1) is 0 Å². The summed E-state index contributed by atoms with van der Waals surface area (Å²) < 4.78 is 5.75. The van der Waals surface area contributed by atoms with Crippen molar-refractivity contribution in [2.24, 2.45) is 0 Å². The monoisotopic (exact) mass is 518 g/mol. The molecule has 0 atom stereocenters. The summed E-state index contributed by atoms with van der Waals surface area (Å²) in [5, 5.41) is 13.6. The lowest BCUT2D eigenvalue weighted by atomic mass is 10.1. The minimum absolute atomic E-state index is 0.0911. The number of carbonyl (C=O) groups excluding carboxylic acids is 1. The number of halogens is 4. The number of nitrogens with one attached hydrogen (secondary N) is 1. The zero-order valence-corrected chi connectivity index (χ0v) is 20.7. The summed E-state index contributed by atoms with van der Waals surface area (Å²) in [5.41, 5.74) is 3.79. The summed E-state index contributed by atoms with van der Waals surface area (Å²) in [6.07, 6.45) is 1.42. The molecule has 33 heavy (non-hydrogen) atoms. The molecule has 4 nitrogen and oxygen atoms in total. The number of nitriles is 1. The van der Waals surface area contributed by atoms with E-state index in [0.717, 1.165) is 16.7 Å². The summed E-state index contributed by atoms with van der Waals surface area (Å²) in [6.45, 7) is 4.02. The molecule has 0 radical (unpaired) electrons. The summed E-state index contributed by atoms with van der Waals surface area (Å²) in [6, 6.07) is 15.8. The van der Waals surface area contributed by atoms with Crippen LogP contribution >= 0.6 is 46.4 Å².